The van der Waals surface area contributed by atoms with Gasteiger partial charge in [-0.05, 0) is 30.3 Å². The molecule has 3 N–H and O–H groups in total. The van der Waals surface area contributed by atoms with E-state index in [1.54, 1.807) is 24.3 Å². The zero-order chi connectivity index (χ0) is 18.7. The monoisotopic (exact) mass is 356 g/mol. The summed E-state index contributed by atoms with van der Waals surface area (Å²) in [6.07, 6.45) is -0.348. The lowest BCUT2D eigenvalue weighted by molar-refractivity contribution is -0.111. The Kier molecular flexibility index (Phi) is 4.88. The van der Waals surface area contributed by atoms with E-state index in [1.807, 2.05) is 0 Å². The topological polar surface area (TPSA) is 87.7 Å². The van der Waals surface area contributed by atoms with Crippen molar-refractivity contribution in [3.05, 3.63) is 66.2 Å². The molecule has 2 aromatic carbocycles. The molecule has 6 nitrogen and oxygen atoms in total. The largest absolute Gasteiger partial charge is 0.507 e. The number of halogens is 1. The molecule has 1 aliphatic rings. The van der Waals surface area contributed by atoms with Gasteiger partial charge < -0.3 is 20.5 Å². The van der Waals surface area contributed by atoms with Gasteiger partial charge in [0.15, 0.2) is 6.17 Å². The summed E-state index contributed by atoms with van der Waals surface area (Å²) in [6.45, 7) is 3.17. The second-order valence-corrected chi connectivity index (χ2v) is 5.74. The van der Waals surface area contributed by atoms with Crippen LogP contribution in [-0.2, 0) is 4.79 Å². The molecule has 3 rings (SSSR count). The summed E-state index contributed by atoms with van der Waals surface area (Å²) in [5.41, 5.74) is 0.750. The summed E-state index contributed by atoms with van der Waals surface area (Å²) in [5, 5.41) is 15.1. The smallest absolute Gasteiger partial charge is 0.255 e. The number of phenols is 1. The summed E-state index contributed by atoms with van der Waals surface area (Å²) in [6, 6.07) is 9.97. The Labute approximate surface area is 149 Å². The molecular formula is C19H17FN2O4. The Hall–Kier alpha value is -3.35. The van der Waals surface area contributed by atoms with Crippen LogP contribution in [0.2, 0.25) is 0 Å². The van der Waals surface area contributed by atoms with E-state index < -0.39 is 24.0 Å². The van der Waals surface area contributed by atoms with Crippen LogP contribution in [0.3, 0.4) is 0 Å². The van der Waals surface area contributed by atoms with Gasteiger partial charge in [0, 0.05) is 11.3 Å². The maximum atomic E-state index is 14.3. The van der Waals surface area contributed by atoms with Crippen LogP contribution in [0, 0.1) is 0 Å². The van der Waals surface area contributed by atoms with E-state index in [9.17, 15) is 19.1 Å². The standard InChI is InChI=1S/C19H17FN2O4/c1-2-17(24)21-11-7-8-15(23)13(9-11)19(25)22-18-12-5-3-4-6-16(12)26-10-14(18)20/h2-9,14,18,23H,1,10H2,(H,21,24)(H,22,25). The number of hydrogen-bond donors (Lipinski definition) is 3. The Morgan fingerprint density at radius 2 is 2.04 bits per heavy atom. The van der Waals surface area contributed by atoms with E-state index >= 15 is 0 Å². The normalized spacial score (nSPS) is 18.2. The highest BCUT2D eigenvalue weighted by atomic mass is 19.1. The number of benzene rings is 2. The van der Waals surface area contributed by atoms with Crippen molar-refractivity contribution >= 4 is 17.5 Å². The maximum absolute atomic E-state index is 14.3. The summed E-state index contributed by atoms with van der Waals surface area (Å²) < 4.78 is 19.6. The third kappa shape index (κ3) is 3.51. The molecule has 0 saturated carbocycles. The van der Waals surface area contributed by atoms with Crippen LogP contribution < -0.4 is 15.4 Å². The number of alkyl halides is 1. The van der Waals surface area contributed by atoms with E-state index in [1.165, 1.54) is 18.2 Å². The lowest BCUT2D eigenvalue weighted by Crippen LogP contribution is -2.39. The Morgan fingerprint density at radius 1 is 1.27 bits per heavy atom. The van der Waals surface area contributed by atoms with E-state index in [0.29, 0.717) is 17.0 Å². The molecule has 0 spiro atoms. The zero-order valence-electron chi connectivity index (χ0n) is 13.7. The van der Waals surface area contributed by atoms with Crippen LogP contribution in [0.15, 0.2) is 55.1 Å². The summed E-state index contributed by atoms with van der Waals surface area (Å²) in [4.78, 5) is 24.0. The summed E-state index contributed by atoms with van der Waals surface area (Å²) in [5.74, 6) is -0.899. The number of anilines is 1. The number of fused-ring (bicyclic) bond motifs is 1. The van der Waals surface area contributed by atoms with Gasteiger partial charge in [0.1, 0.15) is 18.1 Å². The molecule has 2 amide bonds. The Morgan fingerprint density at radius 3 is 2.81 bits per heavy atom. The minimum absolute atomic E-state index is 0.0805. The molecule has 0 radical (unpaired) electrons. The Balaban J connectivity index is 1.85. The van der Waals surface area contributed by atoms with Crippen molar-refractivity contribution in [3.63, 3.8) is 0 Å². The number of amides is 2. The van der Waals surface area contributed by atoms with Crippen molar-refractivity contribution in [2.45, 2.75) is 12.2 Å². The zero-order valence-corrected chi connectivity index (χ0v) is 13.7. The average molecular weight is 356 g/mol. The highest BCUT2D eigenvalue weighted by Gasteiger charge is 2.32. The van der Waals surface area contributed by atoms with E-state index in [4.69, 9.17) is 4.74 Å². The molecule has 2 atom stereocenters. The third-order valence-corrected chi connectivity index (χ3v) is 3.99. The van der Waals surface area contributed by atoms with E-state index in [2.05, 4.69) is 17.2 Å². The molecule has 2 unspecified atom stereocenters. The van der Waals surface area contributed by atoms with Crippen LogP contribution >= 0.6 is 0 Å². The van der Waals surface area contributed by atoms with Crippen LogP contribution in [0.1, 0.15) is 22.0 Å². The highest BCUT2D eigenvalue weighted by molar-refractivity contribution is 6.02. The second-order valence-electron chi connectivity index (χ2n) is 5.74. The van der Waals surface area contributed by atoms with Crippen molar-refractivity contribution in [1.82, 2.24) is 5.32 Å². The van der Waals surface area contributed by atoms with Crippen molar-refractivity contribution in [2.24, 2.45) is 0 Å². The van der Waals surface area contributed by atoms with Crippen molar-refractivity contribution in [3.8, 4) is 11.5 Å². The van der Waals surface area contributed by atoms with Crippen molar-refractivity contribution < 1.29 is 23.8 Å². The molecule has 1 heterocycles. The lowest BCUT2D eigenvalue weighted by Gasteiger charge is -2.29. The lowest BCUT2D eigenvalue weighted by atomic mass is 9.98. The first-order valence-electron chi connectivity index (χ1n) is 7.92. The minimum Gasteiger partial charge on any atom is -0.507 e. The summed E-state index contributed by atoms with van der Waals surface area (Å²) in [7, 11) is 0. The highest BCUT2D eigenvalue weighted by Crippen LogP contribution is 2.34. The number of nitrogens with one attached hydrogen (secondary N) is 2. The first-order chi connectivity index (χ1) is 12.5. The number of ether oxygens (including phenoxy) is 1. The number of carbonyl (C=O) groups is 2. The SMILES string of the molecule is C=CC(=O)Nc1ccc(O)c(C(=O)NC2c3ccccc3OCC2F)c1. The first-order valence-corrected chi connectivity index (χ1v) is 7.92. The van der Waals surface area contributed by atoms with Crippen molar-refractivity contribution in [1.29, 1.82) is 0 Å². The van der Waals surface area contributed by atoms with Crippen LogP contribution in [-0.4, -0.2) is 29.7 Å². The van der Waals surface area contributed by atoms with Gasteiger partial charge in [0.2, 0.25) is 5.91 Å². The number of hydrogen-bond acceptors (Lipinski definition) is 4. The van der Waals surface area contributed by atoms with E-state index in [0.717, 1.165) is 6.08 Å². The fraction of sp³-hybridized carbons (Fsp3) is 0.158. The van der Waals surface area contributed by atoms with Crippen molar-refractivity contribution in [2.75, 3.05) is 11.9 Å². The third-order valence-electron chi connectivity index (χ3n) is 3.99. The molecule has 26 heavy (non-hydrogen) atoms. The quantitative estimate of drug-likeness (QED) is 0.581. The Bertz CT molecular complexity index is 868. The molecule has 2 aromatic rings. The molecule has 0 fully saturated rings. The van der Waals surface area contributed by atoms with Gasteiger partial charge in [-0.2, -0.15) is 0 Å². The van der Waals surface area contributed by atoms with Crippen LogP contribution in [0.25, 0.3) is 0 Å². The molecule has 134 valence electrons. The van der Waals surface area contributed by atoms with Gasteiger partial charge in [0.25, 0.3) is 5.91 Å². The van der Waals surface area contributed by atoms with Gasteiger partial charge in [0.05, 0.1) is 11.6 Å². The summed E-state index contributed by atoms with van der Waals surface area (Å²) >= 11 is 0. The number of aromatic hydroxyl groups is 1. The fourth-order valence-electron chi connectivity index (χ4n) is 2.71. The van der Waals surface area contributed by atoms with Gasteiger partial charge in [-0.15, -0.1) is 0 Å². The number of phenolic OH excluding ortho intramolecular Hbond substituents is 1. The van der Waals surface area contributed by atoms with Gasteiger partial charge in [-0.25, -0.2) is 4.39 Å². The van der Waals surface area contributed by atoms with Gasteiger partial charge in [-0.1, -0.05) is 24.8 Å². The second kappa shape index (κ2) is 7.26. The van der Waals surface area contributed by atoms with Gasteiger partial charge >= 0.3 is 0 Å². The minimum atomic E-state index is -1.43. The molecule has 7 heteroatoms. The van der Waals surface area contributed by atoms with Crippen LogP contribution in [0.5, 0.6) is 11.5 Å². The first kappa shape index (κ1) is 17.5. The van der Waals surface area contributed by atoms with E-state index in [-0.39, 0.29) is 17.9 Å². The number of carbonyl (C=O) groups excluding carboxylic acids is 2. The molecule has 0 bridgehead atoms. The molecular weight excluding hydrogens is 339 g/mol. The maximum Gasteiger partial charge on any atom is 0.255 e. The molecule has 1 aliphatic heterocycles. The predicted octanol–water partition coefficient (Wildman–Crippen LogP) is 2.72. The average Bonchev–Trinajstić information content (AvgIpc) is 2.65. The predicted molar refractivity (Wildman–Crippen MR) is 94.0 cm³/mol. The molecule has 0 aliphatic carbocycles. The molecule has 0 aromatic heterocycles. The van der Waals surface area contributed by atoms with Gasteiger partial charge in [-0.3, -0.25) is 9.59 Å². The number of rotatable bonds is 4. The molecule has 0 saturated heterocycles. The van der Waals surface area contributed by atoms with Crippen LogP contribution in [0.4, 0.5) is 10.1 Å². The fourth-order valence-corrected chi connectivity index (χ4v) is 2.71. The number of para-hydroxylation sites is 1.